The van der Waals surface area contributed by atoms with Crippen LogP contribution in [0.3, 0.4) is 0 Å². The SMILES string of the molecule is CCNC(CC1CCOCC1)CC(C)C(C)(C)C. The van der Waals surface area contributed by atoms with E-state index in [0.29, 0.717) is 11.5 Å². The molecule has 2 unspecified atom stereocenters. The molecule has 0 radical (unpaired) electrons. The lowest BCUT2D eigenvalue weighted by molar-refractivity contribution is 0.0585. The fourth-order valence-electron chi connectivity index (χ4n) is 2.72. The Kier molecular flexibility index (Phi) is 6.65. The van der Waals surface area contributed by atoms with E-state index in [1.54, 1.807) is 0 Å². The van der Waals surface area contributed by atoms with Crippen LogP contribution in [0.4, 0.5) is 0 Å². The Hall–Kier alpha value is -0.0800. The predicted molar refractivity (Wildman–Crippen MR) is 78.9 cm³/mol. The van der Waals surface area contributed by atoms with Gasteiger partial charge in [-0.2, -0.15) is 0 Å². The van der Waals surface area contributed by atoms with Crippen LogP contribution in [0.2, 0.25) is 0 Å². The highest BCUT2D eigenvalue weighted by Gasteiger charge is 2.25. The normalized spacial score (nSPS) is 21.8. The number of hydrogen-bond donors (Lipinski definition) is 1. The summed E-state index contributed by atoms with van der Waals surface area (Å²) in [6.07, 6.45) is 5.14. The fraction of sp³-hybridized carbons (Fsp3) is 1.00. The summed E-state index contributed by atoms with van der Waals surface area (Å²) >= 11 is 0. The van der Waals surface area contributed by atoms with Crippen LogP contribution in [0.15, 0.2) is 0 Å². The highest BCUT2D eigenvalue weighted by molar-refractivity contribution is 4.79. The van der Waals surface area contributed by atoms with Crippen molar-refractivity contribution in [3.63, 3.8) is 0 Å². The number of hydrogen-bond acceptors (Lipinski definition) is 2. The zero-order chi connectivity index (χ0) is 13.6. The molecule has 2 atom stereocenters. The van der Waals surface area contributed by atoms with Crippen LogP contribution < -0.4 is 5.32 Å². The molecule has 1 rings (SSSR count). The lowest BCUT2D eigenvalue weighted by Crippen LogP contribution is -2.36. The highest BCUT2D eigenvalue weighted by Crippen LogP contribution is 2.31. The van der Waals surface area contributed by atoms with Gasteiger partial charge in [-0.15, -0.1) is 0 Å². The van der Waals surface area contributed by atoms with Crippen molar-refractivity contribution in [1.82, 2.24) is 5.32 Å². The maximum Gasteiger partial charge on any atom is 0.0468 e. The molecule has 2 nitrogen and oxygen atoms in total. The summed E-state index contributed by atoms with van der Waals surface area (Å²) in [6, 6.07) is 0.687. The molecule has 0 aliphatic carbocycles. The molecule has 1 fully saturated rings. The van der Waals surface area contributed by atoms with Gasteiger partial charge in [0.2, 0.25) is 0 Å². The second-order valence-electron chi connectivity index (χ2n) is 7.05. The molecular weight excluding hydrogens is 222 g/mol. The Morgan fingerprint density at radius 1 is 1.22 bits per heavy atom. The summed E-state index contributed by atoms with van der Waals surface area (Å²) in [4.78, 5) is 0. The van der Waals surface area contributed by atoms with Crippen molar-refractivity contribution in [1.29, 1.82) is 0 Å². The monoisotopic (exact) mass is 255 g/mol. The average Bonchev–Trinajstić information content (AvgIpc) is 2.29. The van der Waals surface area contributed by atoms with Crippen molar-refractivity contribution < 1.29 is 4.74 Å². The van der Waals surface area contributed by atoms with Crippen LogP contribution in [-0.2, 0) is 4.74 Å². The number of rotatable bonds is 6. The van der Waals surface area contributed by atoms with Gasteiger partial charge in [-0.1, -0.05) is 34.6 Å². The van der Waals surface area contributed by atoms with E-state index < -0.39 is 0 Å². The van der Waals surface area contributed by atoms with Crippen LogP contribution in [0, 0.1) is 17.3 Å². The highest BCUT2D eigenvalue weighted by atomic mass is 16.5. The van der Waals surface area contributed by atoms with Gasteiger partial charge >= 0.3 is 0 Å². The summed E-state index contributed by atoms with van der Waals surface area (Å²) in [5.41, 5.74) is 0.420. The van der Waals surface area contributed by atoms with Gasteiger partial charge in [0.05, 0.1) is 0 Å². The van der Waals surface area contributed by atoms with Gasteiger partial charge in [-0.05, 0) is 49.5 Å². The van der Waals surface area contributed by atoms with Crippen molar-refractivity contribution in [3.05, 3.63) is 0 Å². The van der Waals surface area contributed by atoms with Gasteiger partial charge in [0.15, 0.2) is 0 Å². The zero-order valence-corrected chi connectivity index (χ0v) is 13.1. The number of nitrogens with one attached hydrogen (secondary N) is 1. The van der Waals surface area contributed by atoms with E-state index in [1.807, 2.05) is 0 Å². The summed E-state index contributed by atoms with van der Waals surface area (Å²) < 4.78 is 5.46. The van der Waals surface area contributed by atoms with Gasteiger partial charge in [-0.3, -0.25) is 0 Å². The molecule has 0 aromatic carbocycles. The van der Waals surface area contributed by atoms with Gasteiger partial charge in [0.1, 0.15) is 0 Å². The predicted octanol–water partition coefficient (Wildman–Crippen LogP) is 3.85. The van der Waals surface area contributed by atoms with Gasteiger partial charge in [0.25, 0.3) is 0 Å². The Morgan fingerprint density at radius 2 is 1.83 bits per heavy atom. The molecule has 0 aromatic rings. The average molecular weight is 255 g/mol. The molecule has 1 saturated heterocycles. The Morgan fingerprint density at radius 3 is 2.33 bits per heavy atom. The second kappa shape index (κ2) is 7.49. The van der Waals surface area contributed by atoms with Gasteiger partial charge in [-0.25, -0.2) is 0 Å². The van der Waals surface area contributed by atoms with Crippen molar-refractivity contribution in [2.45, 2.75) is 66.3 Å². The van der Waals surface area contributed by atoms with Crippen molar-refractivity contribution >= 4 is 0 Å². The van der Waals surface area contributed by atoms with E-state index in [9.17, 15) is 0 Å². The van der Waals surface area contributed by atoms with Crippen LogP contribution in [-0.4, -0.2) is 25.8 Å². The van der Waals surface area contributed by atoms with E-state index in [4.69, 9.17) is 4.74 Å². The summed E-state index contributed by atoms with van der Waals surface area (Å²) in [7, 11) is 0. The third-order valence-electron chi connectivity index (χ3n) is 4.57. The van der Waals surface area contributed by atoms with Crippen LogP contribution in [0.25, 0.3) is 0 Å². The molecule has 1 heterocycles. The number of ether oxygens (including phenoxy) is 1. The van der Waals surface area contributed by atoms with E-state index >= 15 is 0 Å². The minimum Gasteiger partial charge on any atom is -0.381 e. The van der Waals surface area contributed by atoms with E-state index in [1.165, 1.54) is 25.7 Å². The quantitative estimate of drug-likeness (QED) is 0.778. The van der Waals surface area contributed by atoms with Crippen LogP contribution in [0.5, 0.6) is 0 Å². The molecule has 0 aromatic heterocycles. The molecule has 0 amide bonds. The second-order valence-corrected chi connectivity index (χ2v) is 7.05. The molecular formula is C16H33NO. The molecule has 0 spiro atoms. The van der Waals surface area contributed by atoms with E-state index in [2.05, 4.69) is 39.9 Å². The minimum atomic E-state index is 0.420. The van der Waals surface area contributed by atoms with Gasteiger partial charge in [0, 0.05) is 19.3 Å². The summed E-state index contributed by atoms with van der Waals surface area (Å²) in [6.45, 7) is 14.7. The Bertz CT molecular complexity index is 216. The third-order valence-corrected chi connectivity index (χ3v) is 4.57. The Labute approximate surface area is 114 Å². The molecule has 2 heteroatoms. The lowest BCUT2D eigenvalue weighted by atomic mass is 9.77. The van der Waals surface area contributed by atoms with Crippen molar-refractivity contribution in [2.75, 3.05) is 19.8 Å². The largest absolute Gasteiger partial charge is 0.381 e. The molecule has 108 valence electrons. The third kappa shape index (κ3) is 5.71. The fourth-order valence-corrected chi connectivity index (χ4v) is 2.72. The lowest BCUT2D eigenvalue weighted by Gasteiger charge is -2.33. The van der Waals surface area contributed by atoms with Crippen LogP contribution >= 0.6 is 0 Å². The van der Waals surface area contributed by atoms with E-state index in [-0.39, 0.29) is 0 Å². The first-order chi connectivity index (χ1) is 8.43. The molecule has 1 aliphatic rings. The van der Waals surface area contributed by atoms with Crippen molar-refractivity contribution in [2.24, 2.45) is 17.3 Å². The molecule has 18 heavy (non-hydrogen) atoms. The maximum absolute atomic E-state index is 5.46. The van der Waals surface area contributed by atoms with Crippen molar-refractivity contribution in [3.8, 4) is 0 Å². The molecule has 1 aliphatic heterocycles. The molecule has 1 N–H and O–H groups in total. The zero-order valence-electron chi connectivity index (χ0n) is 13.1. The van der Waals surface area contributed by atoms with Gasteiger partial charge < -0.3 is 10.1 Å². The smallest absolute Gasteiger partial charge is 0.0468 e. The summed E-state index contributed by atoms with van der Waals surface area (Å²) in [5, 5.41) is 3.69. The van der Waals surface area contributed by atoms with Crippen LogP contribution in [0.1, 0.15) is 60.3 Å². The summed E-state index contributed by atoms with van der Waals surface area (Å²) in [5.74, 6) is 1.64. The maximum atomic E-state index is 5.46. The topological polar surface area (TPSA) is 21.3 Å². The first-order valence-electron chi connectivity index (χ1n) is 7.74. The minimum absolute atomic E-state index is 0.420. The first kappa shape index (κ1) is 16.0. The standard InChI is InChI=1S/C16H33NO/c1-6-17-15(11-13(2)16(3,4)5)12-14-7-9-18-10-8-14/h13-15,17H,6-12H2,1-5H3. The molecule has 0 bridgehead atoms. The first-order valence-corrected chi connectivity index (χ1v) is 7.74. The molecule has 0 saturated carbocycles. The van der Waals surface area contributed by atoms with E-state index in [0.717, 1.165) is 31.6 Å². The Balaban J connectivity index is 2.43.